The number of pyridine rings is 1. The Hall–Kier alpha value is -1.51. The molecular weight excluding hydrogens is 267 g/mol. The van der Waals surface area contributed by atoms with Crippen LogP contribution in [0.4, 0.5) is 0 Å². The smallest absolute Gasteiger partial charge is 0.155 e. The van der Waals surface area contributed by atoms with E-state index in [1.165, 1.54) is 0 Å². The lowest BCUT2D eigenvalue weighted by atomic mass is 10.2. The summed E-state index contributed by atoms with van der Waals surface area (Å²) < 4.78 is 1.97. The van der Waals surface area contributed by atoms with Crippen LogP contribution >= 0.6 is 23.2 Å². The second-order valence-corrected chi connectivity index (χ2v) is 4.99. The third-order valence-electron chi connectivity index (χ3n) is 2.84. The van der Waals surface area contributed by atoms with Crippen LogP contribution in [0, 0.1) is 6.92 Å². The summed E-state index contributed by atoms with van der Waals surface area (Å²) in [7, 11) is 0. The molecule has 0 radical (unpaired) electrons. The fraction of sp³-hybridized carbons (Fsp3) is 0.0714. The Kier molecular flexibility index (Phi) is 2.77. The molecule has 90 valence electrons. The van der Waals surface area contributed by atoms with E-state index >= 15 is 0 Å². The minimum absolute atomic E-state index is 0.508. The largest absolute Gasteiger partial charge is 0.298 e. The second kappa shape index (κ2) is 4.30. The molecule has 0 spiro atoms. The van der Waals surface area contributed by atoms with Crippen LogP contribution in [0.15, 0.2) is 42.6 Å². The number of rotatable bonds is 1. The second-order valence-electron chi connectivity index (χ2n) is 4.20. The first-order valence-corrected chi connectivity index (χ1v) is 6.31. The summed E-state index contributed by atoms with van der Waals surface area (Å²) in [5.74, 6) is 0.803. The predicted molar refractivity (Wildman–Crippen MR) is 75.4 cm³/mol. The highest BCUT2D eigenvalue weighted by molar-refractivity contribution is 6.33. The maximum absolute atomic E-state index is 6.17. The van der Waals surface area contributed by atoms with Crippen LogP contribution in [0.5, 0.6) is 0 Å². The molecule has 0 saturated carbocycles. The van der Waals surface area contributed by atoms with Crippen LogP contribution in [0.1, 0.15) is 5.56 Å². The van der Waals surface area contributed by atoms with Gasteiger partial charge in [0.1, 0.15) is 5.82 Å². The third-order valence-corrected chi connectivity index (χ3v) is 3.35. The molecule has 0 N–H and O–H groups in total. The Bertz CT molecular complexity index is 732. The summed E-state index contributed by atoms with van der Waals surface area (Å²) in [6.07, 6.45) is 1.97. The van der Waals surface area contributed by atoms with Gasteiger partial charge in [-0.2, -0.15) is 0 Å². The maximum Gasteiger partial charge on any atom is 0.155 e. The fourth-order valence-corrected chi connectivity index (χ4v) is 2.40. The number of nitrogens with zero attached hydrogens (tertiary/aromatic N) is 2. The Morgan fingerprint density at radius 1 is 1.11 bits per heavy atom. The average Bonchev–Trinajstić information content (AvgIpc) is 2.67. The first-order chi connectivity index (χ1) is 8.65. The number of hydrogen-bond acceptors (Lipinski definition) is 1. The minimum Gasteiger partial charge on any atom is -0.298 e. The molecule has 3 aromatic rings. The number of benzene rings is 1. The van der Waals surface area contributed by atoms with E-state index in [4.69, 9.17) is 23.2 Å². The minimum atomic E-state index is 0.508. The molecule has 0 bridgehead atoms. The van der Waals surface area contributed by atoms with Crippen molar-refractivity contribution in [3.8, 4) is 11.4 Å². The number of aryl methyl sites for hydroxylation is 1. The summed E-state index contributed by atoms with van der Waals surface area (Å²) in [5, 5.41) is 1.20. The molecule has 0 amide bonds. The predicted octanol–water partition coefficient (Wildman–Crippen LogP) is 4.62. The fourth-order valence-electron chi connectivity index (χ4n) is 1.98. The molecule has 0 aliphatic rings. The molecule has 0 aliphatic carbocycles. The molecule has 0 aliphatic heterocycles. The Morgan fingerprint density at radius 2 is 1.94 bits per heavy atom. The van der Waals surface area contributed by atoms with Crippen LogP contribution in [0.2, 0.25) is 10.2 Å². The molecule has 0 saturated heterocycles. The van der Waals surface area contributed by atoms with Crippen molar-refractivity contribution in [2.45, 2.75) is 6.92 Å². The lowest BCUT2D eigenvalue weighted by Crippen LogP contribution is -1.89. The third kappa shape index (κ3) is 1.88. The summed E-state index contributed by atoms with van der Waals surface area (Å²) in [6.45, 7) is 2.03. The highest BCUT2D eigenvalue weighted by Gasteiger charge is 2.11. The van der Waals surface area contributed by atoms with Crippen molar-refractivity contribution in [3.63, 3.8) is 0 Å². The van der Waals surface area contributed by atoms with E-state index in [1.807, 2.05) is 53.9 Å². The van der Waals surface area contributed by atoms with Crippen LogP contribution in [-0.2, 0) is 0 Å². The van der Waals surface area contributed by atoms with Gasteiger partial charge in [0.2, 0.25) is 0 Å². The molecule has 0 atom stereocenters. The first-order valence-electron chi connectivity index (χ1n) is 5.55. The standard InChI is InChI=1S/C14H10Cl2N2/c1-9-5-6-18-12(7-9)13(16)17-14(18)10-3-2-4-11(15)8-10/h2-8H,1H3. The van der Waals surface area contributed by atoms with Gasteiger partial charge in [-0.1, -0.05) is 35.3 Å². The molecule has 2 aromatic heterocycles. The quantitative estimate of drug-likeness (QED) is 0.634. The molecule has 0 unspecified atom stereocenters. The molecular formula is C14H10Cl2N2. The summed E-state index contributed by atoms with van der Waals surface area (Å²) in [5.41, 5.74) is 3.02. The lowest BCUT2D eigenvalue weighted by molar-refractivity contribution is 1.15. The highest BCUT2D eigenvalue weighted by atomic mass is 35.5. The Labute approximate surface area is 115 Å². The molecule has 1 aromatic carbocycles. The number of aromatic nitrogens is 2. The van der Waals surface area contributed by atoms with Crippen molar-refractivity contribution in [2.24, 2.45) is 0 Å². The van der Waals surface area contributed by atoms with Gasteiger partial charge in [-0.05, 0) is 36.8 Å². The Morgan fingerprint density at radius 3 is 2.72 bits per heavy atom. The van der Waals surface area contributed by atoms with Crippen LogP contribution in [0.3, 0.4) is 0 Å². The van der Waals surface area contributed by atoms with Gasteiger partial charge in [0.05, 0.1) is 5.52 Å². The van der Waals surface area contributed by atoms with Gasteiger partial charge in [-0.15, -0.1) is 0 Å². The van der Waals surface area contributed by atoms with Gasteiger partial charge in [-0.3, -0.25) is 4.40 Å². The Balaban J connectivity index is 2.30. The zero-order valence-electron chi connectivity index (χ0n) is 9.69. The highest BCUT2D eigenvalue weighted by Crippen LogP contribution is 2.27. The zero-order valence-corrected chi connectivity index (χ0v) is 11.2. The number of halogens is 2. The number of fused-ring (bicyclic) bond motifs is 1. The van der Waals surface area contributed by atoms with Gasteiger partial charge in [0.25, 0.3) is 0 Å². The molecule has 18 heavy (non-hydrogen) atoms. The van der Waals surface area contributed by atoms with E-state index in [2.05, 4.69) is 4.98 Å². The van der Waals surface area contributed by atoms with Crippen LogP contribution in [-0.4, -0.2) is 9.38 Å². The van der Waals surface area contributed by atoms with Crippen molar-refractivity contribution in [1.29, 1.82) is 0 Å². The maximum atomic E-state index is 6.17. The molecule has 0 fully saturated rings. The summed E-state index contributed by atoms with van der Waals surface area (Å²) in [4.78, 5) is 4.41. The van der Waals surface area contributed by atoms with E-state index in [1.54, 1.807) is 0 Å². The SMILES string of the molecule is Cc1ccn2c(-c3cccc(Cl)c3)nc(Cl)c2c1. The number of hydrogen-bond donors (Lipinski definition) is 0. The van der Waals surface area contributed by atoms with E-state index in [-0.39, 0.29) is 0 Å². The van der Waals surface area contributed by atoms with Gasteiger partial charge in [0, 0.05) is 16.8 Å². The van der Waals surface area contributed by atoms with E-state index in [0.717, 1.165) is 22.5 Å². The van der Waals surface area contributed by atoms with Gasteiger partial charge in [0.15, 0.2) is 5.15 Å². The monoisotopic (exact) mass is 276 g/mol. The van der Waals surface area contributed by atoms with Gasteiger partial charge < -0.3 is 0 Å². The van der Waals surface area contributed by atoms with Crippen molar-refractivity contribution >= 4 is 28.7 Å². The van der Waals surface area contributed by atoms with E-state index < -0.39 is 0 Å². The van der Waals surface area contributed by atoms with Crippen molar-refractivity contribution in [2.75, 3.05) is 0 Å². The molecule has 3 rings (SSSR count). The van der Waals surface area contributed by atoms with Crippen molar-refractivity contribution < 1.29 is 0 Å². The number of imidazole rings is 1. The van der Waals surface area contributed by atoms with E-state index in [9.17, 15) is 0 Å². The van der Waals surface area contributed by atoms with E-state index in [0.29, 0.717) is 10.2 Å². The normalized spacial score (nSPS) is 11.1. The van der Waals surface area contributed by atoms with Crippen LogP contribution in [0.25, 0.3) is 16.9 Å². The summed E-state index contributed by atoms with van der Waals surface area (Å²) >= 11 is 12.2. The zero-order chi connectivity index (χ0) is 12.7. The van der Waals surface area contributed by atoms with Gasteiger partial charge >= 0.3 is 0 Å². The molecule has 2 nitrogen and oxygen atoms in total. The molecule has 2 heterocycles. The van der Waals surface area contributed by atoms with Crippen molar-refractivity contribution in [3.05, 3.63) is 58.3 Å². The van der Waals surface area contributed by atoms with Gasteiger partial charge in [-0.25, -0.2) is 4.98 Å². The van der Waals surface area contributed by atoms with Crippen molar-refractivity contribution in [1.82, 2.24) is 9.38 Å². The topological polar surface area (TPSA) is 17.3 Å². The average molecular weight is 277 g/mol. The first kappa shape index (κ1) is 11.6. The summed E-state index contributed by atoms with van der Waals surface area (Å²) in [6, 6.07) is 11.6. The van der Waals surface area contributed by atoms with Crippen LogP contribution < -0.4 is 0 Å². The molecule has 4 heteroatoms. The lowest BCUT2D eigenvalue weighted by Gasteiger charge is -2.02.